The van der Waals surface area contributed by atoms with Crippen LogP contribution in [0.2, 0.25) is 0 Å². The molecule has 4 aromatic rings. The molecule has 236 valence electrons. The van der Waals surface area contributed by atoms with Gasteiger partial charge < -0.3 is 39.5 Å². The number of hydrogen-bond donors (Lipinski definition) is 4. The van der Waals surface area contributed by atoms with E-state index in [9.17, 15) is 15.0 Å². The number of nitrogens with one attached hydrogen (secondary N) is 2. The normalized spacial score (nSPS) is 20.4. The molecular formula is C35H42N5O5+. The van der Waals surface area contributed by atoms with Crippen molar-refractivity contribution in [2.75, 3.05) is 45.2 Å². The predicted octanol–water partition coefficient (Wildman–Crippen LogP) is 5.27. The molecule has 4 N–H and O–H groups in total. The topological polar surface area (TPSA) is 120 Å². The fraction of sp³-hybridized carbons (Fsp3) is 0.371. The van der Waals surface area contributed by atoms with Crippen molar-refractivity contribution in [3.63, 3.8) is 0 Å². The minimum absolute atomic E-state index is 0.0347. The number of carbonyl (C=O) groups excluding carboxylic acids is 1. The summed E-state index contributed by atoms with van der Waals surface area (Å²) in [5.74, 6) is 0.0947. The summed E-state index contributed by atoms with van der Waals surface area (Å²) in [6.07, 6.45) is 4.11. The maximum atomic E-state index is 13.3. The number of phenols is 2. The zero-order valence-electron chi connectivity index (χ0n) is 25.9. The number of aromatic hydroxyl groups is 2. The van der Waals surface area contributed by atoms with Gasteiger partial charge in [-0.05, 0) is 24.3 Å². The van der Waals surface area contributed by atoms with Crippen molar-refractivity contribution < 1.29 is 28.8 Å². The van der Waals surface area contributed by atoms with E-state index < -0.39 is 0 Å². The van der Waals surface area contributed by atoms with Crippen molar-refractivity contribution in [3.05, 3.63) is 84.1 Å². The van der Waals surface area contributed by atoms with Gasteiger partial charge in [0, 0.05) is 88.4 Å². The first kappa shape index (κ1) is 30.5. The molecule has 1 aromatic heterocycles. The number of phenolic OH excluding ortho intramolecular Hbond substituents is 2. The molecule has 0 radical (unpaired) electrons. The highest BCUT2D eigenvalue weighted by Crippen LogP contribution is 2.43. The first-order chi connectivity index (χ1) is 21.8. The molecule has 6 rings (SSSR count). The van der Waals surface area contributed by atoms with Crippen molar-refractivity contribution >= 4 is 11.6 Å². The lowest BCUT2D eigenvalue weighted by Crippen LogP contribution is -2.62. The number of rotatable bonds is 9. The number of quaternary nitrogens is 1. The Morgan fingerprint density at radius 1 is 1.00 bits per heavy atom. The number of anilines is 1. The number of nitrogens with zero attached hydrogens (tertiary/aromatic N) is 3. The Labute approximate surface area is 263 Å². The largest absolute Gasteiger partial charge is 0.508 e. The lowest BCUT2D eigenvalue weighted by atomic mass is 9.93. The van der Waals surface area contributed by atoms with Gasteiger partial charge in [-0.25, -0.2) is 0 Å². The molecule has 0 unspecified atom stereocenters. The average molecular weight is 613 g/mol. The second-order valence-electron chi connectivity index (χ2n) is 12.4. The van der Waals surface area contributed by atoms with Crippen molar-refractivity contribution in [3.8, 4) is 34.3 Å². The van der Waals surface area contributed by atoms with Crippen LogP contribution in [0, 0.1) is 0 Å². The number of carbonyl (C=O) groups is 1. The predicted molar refractivity (Wildman–Crippen MR) is 173 cm³/mol. The molecule has 45 heavy (non-hydrogen) atoms. The maximum absolute atomic E-state index is 13.3. The summed E-state index contributed by atoms with van der Waals surface area (Å²) in [5, 5.41) is 31.6. The van der Waals surface area contributed by atoms with Gasteiger partial charge in [-0.2, -0.15) is 0 Å². The van der Waals surface area contributed by atoms with E-state index in [4.69, 9.17) is 9.26 Å². The van der Waals surface area contributed by atoms with Crippen LogP contribution >= 0.6 is 0 Å². The van der Waals surface area contributed by atoms with Crippen LogP contribution in [-0.4, -0.2) is 78.1 Å². The molecule has 0 spiro atoms. The van der Waals surface area contributed by atoms with Crippen LogP contribution < -0.4 is 20.3 Å². The summed E-state index contributed by atoms with van der Waals surface area (Å²) >= 11 is 0. The van der Waals surface area contributed by atoms with Gasteiger partial charge in [0.1, 0.15) is 35.1 Å². The number of hydrogen-bond acceptors (Lipinski definition) is 8. The highest BCUT2D eigenvalue weighted by Gasteiger charge is 2.41. The SMILES string of the molecule is CN(C)c1ccc(Oc2cc(O)cc(O)c2-c2cc(C(=O)NC3CC[N+](Cc4ccccc4)(C4CCNCC4)CC3)no2)cc1. The van der Waals surface area contributed by atoms with Crippen molar-refractivity contribution in [2.45, 2.75) is 44.3 Å². The Balaban J connectivity index is 1.14. The molecule has 10 heteroatoms. The molecule has 0 aliphatic carbocycles. The van der Waals surface area contributed by atoms with Gasteiger partial charge in [0.05, 0.1) is 19.1 Å². The van der Waals surface area contributed by atoms with Gasteiger partial charge in [-0.1, -0.05) is 35.5 Å². The molecule has 2 aliphatic rings. The quantitative estimate of drug-likeness (QED) is 0.189. The van der Waals surface area contributed by atoms with Crippen LogP contribution in [0.1, 0.15) is 41.7 Å². The van der Waals surface area contributed by atoms with E-state index in [2.05, 4.69) is 46.1 Å². The number of ether oxygens (including phenoxy) is 1. The van der Waals surface area contributed by atoms with Crippen LogP contribution in [0.4, 0.5) is 5.69 Å². The van der Waals surface area contributed by atoms with E-state index in [0.717, 1.165) is 55.7 Å². The summed E-state index contributed by atoms with van der Waals surface area (Å²) in [4.78, 5) is 15.3. The lowest BCUT2D eigenvalue weighted by Gasteiger charge is -2.50. The first-order valence-electron chi connectivity index (χ1n) is 15.7. The molecular weight excluding hydrogens is 570 g/mol. The monoisotopic (exact) mass is 612 g/mol. The Hall–Kier alpha value is -4.54. The molecule has 2 saturated heterocycles. The van der Waals surface area contributed by atoms with Crippen LogP contribution in [0.5, 0.6) is 23.0 Å². The zero-order chi connectivity index (χ0) is 31.4. The van der Waals surface area contributed by atoms with E-state index in [1.807, 2.05) is 31.1 Å². The number of aromatic nitrogens is 1. The second kappa shape index (κ2) is 13.2. The highest BCUT2D eigenvalue weighted by atomic mass is 16.5. The van der Waals surface area contributed by atoms with Gasteiger partial charge in [0.2, 0.25) is 0 Å². The number of benzene rings is 3. The third-order valence-electron chi connectivity index (χ3n) is 9.24. The summed E-state index contributed by atoms with van der Waals surface area (Å²) in [7, 11) is 3.89. The minimum atomic E-state index is -0.320. The summed E-state index contributed by atoms with van der Waals surface area (Å²) < 4.78 is 12.6. The number of piperidine rings is 2. The maximum Gasteiger partial charge on any atom is 0.273 e. The number of amides is 1. The van der Waals surface area contributed by atoms with E-state index in [0.29, 0.717) is 11.8 Å². The Bertz CT molecular complexity index is 1590. The fourth-order valence-corrected chi connectivity index (χ4v) is 6.79. The Morgan fingerprint density at radius 2 is 1.71 bits per heavy atom. The van der Waals surface area contributed by atoms with Gasteiger partial charge in [-0.3, -0.25) is 4.79 Å². The Kier molecular flexibility index (Phi) is 8.95. The molecule has 1 amide bonds. The summed E-state index contributed by atoms with van der Waals surface area (Å²) in [6, 6.07) is 22.9. The summed E-state index contributed by atoms with van der Waals surface area (Å²) in [5.41, 5.74) is 2.67. The van der Waals surface area contributed by atoms with Crippen LogP contribution in [0.15, 0.2) is 77.3 Å². The molecule has 2 fully saturated rings. The van der Waals surface area contributed by atoms with E-state index in [-0.39, 0.29) is 46.2 Å². The molecule has 10 nitrogen and oxygen atoms in total. The molecule has 0 saturated carbocycles. The van der Waals surface area contributed by atoms with Crippen LogP contribution in [0.3, 0.4) is 0 Å². The highest BCUT2D eigenvalue weighted by molar-refractivity contribution is 5.93. The fourth-order valence-electron chi connectivity index (χ4n) is 6.79. The second-order valence-corrected chi connectivity index (χ2v) is 12.4. The van der Waals surface area contributed by atoms with E-state index in [1.165, 1.54) is 36.6 Å². The molecule has 2 aliphatic heterocycles. The van der Waals surface area contributed by atoms with Crippen molar-refractivity contribution in [2.24, 2.45) is 0 Å². The first-order valence-corrected chi connectivity index (χ1v) is 15.7. The molecule has 0 bridgehead atoms. The molecule has 3 aromatic carbocycles. The minimum Gasteiger partial charge on any atom is -0.508 e. The third-order valence-corrected chi connectivity index (χ3v) is 9.24. The van der Waals surface area contributed by atoms with E-state index in [1.54, 1.807) is 12.1 Å². The smallest absolute Gasteiger partial charge is 0.273 e. The standard InChI is InChI=1S/C35H41N5O5/c1-39(2)26-8-10-29(11-9-26)44-32-21-28(41)20-31(42)34(32)33-22-30(38-45-33)35(43)37-25-14-18-40(19-15-25,27-12-16-36-17-13-27)23-24-6-4-3-5-7-24/h3-11,20-22,25,27,36H,12-19,23H2,1-2H3,(H2-,37,38,41,42,43)/p+1. The lowest BCUT2D eigenvalue weighted by molar-refractivity contribution is -0.968. The zero-order valence-corrected chi connectivity index (χ0v) is 25.9. The van der Waals surface area contributed by atoms with Crippen LogP contribution in [0.25, 0.3) is 11.3 Å². The van der Waals surface area contributed by atoms with E-state index >= 15 is 0 Å². The summed E-state index contributed by atoms with van der Waals surface area (Å²) in [6.45, 7) is 5.14. The Morgan fingerprint density at radius 3 is 2.40 bits per heavy atom. The van der Waals surface area contributed by atoms with Crippen molar-refractivity contribution in [1.29, 1.82) is 0 Å². The average Bonchev–Trinajstić information content (AvgIpc) is 3.53. The van der Waals surface area contributed by atoms with Crippen molar-refractivity contribution in [1.82, 2.24) is 15.8 Å². The number of likely N-dealkylation sites (tertiary alicyclic amines) is 1. The molecule has 0 atom stereocenters. The third kappa shape index (κ3) is 6.92. The van der Waals surface area contributed by atoms with Gasteiger partial charge >= 0.3 is 0 Å². The van der Waals surface area contributed by atoms with Gasteiger partial charge in [0.15, 0.2) is 11.5 Å². The van der Waals surface area contributed by atoms with Crippen LogP contribution in [-0.2, 0) is 6.54 Å². The van der Waals surface area contributed by atoms with Gasteiger partial charge in [0.25, 0.3) is 5.91 Å². The molecule has 3 heterocycles. The van der Waals surface area contributed by atoms with Gasteiger partial charge in [-0.15, -0.1) is 0 Å².